The van der Waals surface area contributed by atoms with Crippen LogP contribution in [0.25, 0.3) is 0 Å². The largest absolute Gasteiger partial charge is 0.351 e. The Labute approximate surface area is 110 Å². The molecule has 0 aromatic heterocycles. The zero-order chi connectivity index (χ0) is 12.9. The minimum Gasteiger partial charge on any atom is -0.351 e. The summed E-state index contributed by atoms with van der Waals surface area (Å²) in [4.78, 5) is 13.9. The minimum atomic E-state index is 0.177. The zero-order valence-electron chi connectivity index (χ0n) is 11.7. The molecule has 100 valence electrons. The first-order valence-corrected chi connectivity index (χ1v) is 7.17. The number of amides is 1. The van der Waals surface area contributed by atoms with Crippen molar-refractivity contribution in [3.05, 3.63) is 11.6 Å². The van der Waals surface area contributed by atoms with Crippen molar-refractivity contribution in [1.29, 1.82) is 0 Å². The third kappa shape index (κ3) is 1.89. The van der Waals surface area contributed by atoms with E-state index in [0.29, 0.717) is 12.0 Å². The molecule has 2 fully saturated rings. The lowest BCUT2D eigenvalue weighted by Gasteiger charge is -2.57. The lowest BCUT2D eigenvalue weighted by Crippen LogP contribution is -2.55. The van der Waals surface area contributed by atoms with Crippen molar-refractivity contribution < 1.29 is 4.79 Å². The molecule has 1 N–H and O–H groups in total. The Hall–Kier alpha value is -0.830. The Balaban J connectivity index is 1.67. The van der Waals surface area contributed by atoms with E-state index in [2.05, 4.69) is 37.1 Å². The number of piperazine rings is 1. The molecule has 1 saturated heterocycles. The number of hydrogen-bond acceptors (Lipinski definition) is 2. The quantitative estimate of drug-likeness (QED) is 0.756. The van der Waals surface area contributed by atoms with E-state index in [0.717, 1.165) is 24.9 Å². The molecule has 0 unspecified atom stereocenters. The maximum atomic E-state index is 11.6. The van der Waals surface area contributed by atoms with Crippen LogP contribution in [0.4, 0.5) is 0 Å². The normalized spacial score (nSPS) is 38.7. The average molecular weight is 248 g/mol. The van der Waals surface area contributed by atoms with E-state index in [1.165, 1.54) is 12.8 Å². The Morgan fingerprint density at radius 3 is 2.89 bits per heavy atom. The number of carbonyl (C=O) groups is 1. The number of nitrogens with one attached hydrogen (secondary N) is 1. The van der Waals surface area contributed by atoms with Gasteiger partial charge in [-0.25, -0.2) is 0 Å². The fourth-order valence-electron chi connectivity index (χ4n) is 4.06. The lowest BCUT2D eigenvalue weighted by molar-refractivity contribution is -0.125. The molecule has 0 spiro atoms. The number of rotatable bonds is 2. The van der Waals surface area contributed by atoms with E-state index in [1.54, 1.807) is 5.57 Å². The number of hydrogen-bond donors (Lipinski definition) is 1. The monoisotopic (exact) mass is 248 g/mol. The van der Waals surface area contributed by atoms with Crippen molar-refractivity contribution in [3.63, 3.8) is 0 Å². The van der Waals surface area contributed by atoms with Crippen LogP contribution >= 0.6 is 0 Å². The van der Waals surface area contributed by atoms with Crippen LogP contribution in [0.5, 0.6) is 0 Å². The number of allylic oxidation sites excluding steroid dienone is 1. The standard InChI is InChI=1S/C15H24N2O/c1-10-7-17(9-14(18)16-10)8-11-4-5-12-6-13(11)15(12,2)3/h4,10,12-13H,5-9H2,1-3H3,(H,16,18)/t10-,12-,13-/m0/s1. The van der Waals surface area contributed by atoms with Crippen LogP contribution in [-0.2, 0) is 4.79 Å². The molecular formula is C15H24N2O. The van der Waals surface area contributed by atoms with E-state index < -0.39 is 0 Å². The van der Waals surface area contributed by atoms with Crippen LogP contribution in [0.2, 0.25) is 0 Å². The highest BCUT2D eigenvalue weighted by molar-refractivity contribution is 5.79. The molecule has 18 heavy (non-hydrogen) atoms. The molecule has 3 heteroatoms. The number of nitrogens with zero attached hydrogens (tertiary/aromatic N) is 1. The molecule has 2 bridgehead atoms. The lowest BCUT2D eigenvalue weighted by atomic mass is 9.49. The van der Waals surface area contributed by atoms with Gasteiger partial charge in [-0.15, -0.1) is 0 Å². The molecule has 3 nitrogen and oxygen atoms in total. The molecule has 4 aliphatic rings. The van der Waals surface area contributed by atoms with Crippen molar-refractivity contribution >= 4 is 5.91 Å². The summed E-state index contributed by atoms with van der Waals surface area (Å²) in [6, 6.07) is 0.289. The van der Waals surface area contributed by atoms with E-state index in [4.69, 9.17) is 0 Å². The summed E-state index contributed by atoms with van der Waals surface area (Å²) in [7, 11) is 0. The average Bonchev–Trinajstić information content (AvgIpc) is 2.27. The molecule has 1 aliphatic heterocycles. The maximum Gasteiger partial charge on any atom is 0.234 e. The summed E-state index contributed by atoms with van der Waals surface area (Å²) in [5.41, 5.74) is 2.08. The Bertz CT molecular complexity index is 399. The van der Waals surface area contributed by atoms with Crippen LogP contribution in [0.15, 0.2) is 11.6 Å². The summed E-state index contributed by atoms with van der Waals surface area (Å²) in [5, 5.41) is 2.98. The fourth-order valence-corrected chi connectivity index (χ4v) is 4.06. The first-order chi connectivity index (χ1) is 8.46. The number of fused-ring (bicyclic) bond motifs is 1. The van der Waals surface area contributed by atoms with Gasteiger partial charge in [0.15, 0.2) is 0 Å². The van der Waals surface area contributed by atoms with Crippen LogP contribution in [0.3, 0.4) is 0 Å². The van der Waals surface area contributed by atoms with E-state index in [9.17, 15) is 4.79 Å². The highest BCUT2D eigenvalue weighted by Crippen LogP contribution is 2.59. The van der Waals surface area contributed by atoms with Crippen LogP contribution in [0, 0.1) is 17.3 Å². The van der Waals surface area contributed by atoms with Gasteiger partial charge in [0.05, 0.1) is 6.54 Å². The van der Waals surface area contributed by atoms with Crippen molar-refractivity contribution in [2.24, 2.45) is 17.3 Å². The van der Waals surface area contributed by atoms with Gasteiger partial charge in [-0.1, -0.05) is 25.5 Å². The minimum absolute atomic E-state index is 0.177. The SMILES string of the molecule is C[C@H]1CN(CC2=CC[C@H]3C[C@@H]2C3(C)C)CC(=O)N1. The highest BCUT2D eigenvalue weighted by atomic mass is 16.2. The van der Waals surface area contributed by atoms with Gasteiger partial charge in [-0.2, -0.15) is 0 Å². The molecule has 1 amide bonds. The van der Waals surface area contributed by atoms with Gasteiger partial charge in [0.2, 0.25) is 5.91 Å². The van der Waals surface area contributed by atoms with Gasteiger partial charge in [0, 0.05) is 19.1 Å². The Morgan fingerprint density at radius 1 is 1.50 bits per heavy atom. The topological polar surface area (TPSA) is 32.3 Å². The highest BCUT2D eigenvalue weighted by Gasteiger charge is 2.51. The molecule has 0 radical (unpaired) electrons. The zero-order valence-corrected chi connectivity index (χ0v) is 11.7. The third-order valence-corrected chi connectivity index (χ3v) is 5.30. The van der Waals surface area contributed by atoms with Crippen molar-refractivity contribution in [3.8, 4) is 0 Å². The molecule has 0 aromatic carbocycles. The second kappa shape index (κ2) is 4.09. The Kier molecular flexibility index (Phi) is 2.77. The third-order valence-electron chi connectivity index (χ3n) is 5.30. The summed E-state index contributed by atoms with van der Waals surface area (Å²) in [6.45, 7) is 9.45. The number of carbonyl (C=O) groups excluding carboxylic acids is 1. The fraction of sp³-hybridized carbons (Fsp3) is 0.800. The van der Waals surface area contributed by atoms with Gasteiger partial charge in [0.25, 0.3) is 0 Å². The van der Waals surface area contributed by atoms with Crippen molar-refractivity contribution in [1.82, 2.24) is 10.2 Å². The molecule has 3 aliphatic carbocycles. The molecule has 0 aromatic rings. The van der Waals surface area contributed by atoms with Crippen LogP contribution < -0.4 is 5.32 Å². The van der Waals surface area contributed by atoms with Gasteiger partial charge in [0.1, 0.15) is 0 Å². The van der Waals surface area contributed by atoms with E-state index in [-0.39, 0.29) is 11.9 Å². The van der Waals surface area contributed by atoms with E-state index in [1.807, 2.05) is 0 Å². The van der Waals surface area contributed by atoms with Crippen LogP contribution in [0.1, 0.15) is 33.6 Å². The van der Waals surface area contributed by atoms with Crippen molar-refractivity contribution in [2.45, 2.75) is 39.7 Å². The second-order valence-electron chi connectivity index (χ2n) is 6.96. The summed E-state index contributed by atoms with van der Waals surface area (Å²) >= 11 is 0. The summed E-state index contributed by atoms with van der Waals surface area (Å²) in [5.74, 6) is 1.84. The van der Waals surface area contributed by atoms with E-state index >= 15 is 0 Å². The first-order valence-electron chi connectivity index (χ1n) is 7.17. The van der Waals surface area contributed by atoms with Crippen molar-refractivity contribution in [2.75, 3.05) is 19.6 Å². The first kappa shape index (κ1) is 12.2. The predicted octanol–water partition coefficient (Wildman–Crippen LogP) is 1.80. The van der Waals surface area contributed by atoms with Gasteiger partial charge < -0.3 is 5.32 Å². The van der Waals surface area contributed by atoms with Crippen LogP contribution in [-0.4, -0.2) is 36.5 Å². The molecule has 3 atom stereocenters. The smallest absolute Gasteiger partial charge is 0.234 e. The summed E-state index contributed by atoms with van der Waals surface area (Å²) in [6.07, 6.45) is 5.06. The summed E-state index contributed by atoms with van der Waals surface area (Å²) < 4.78 is 0. The Morgan fingerprint density at radius 2 is 2.28 bits per heavy atom. The second-order valence-corrected chi connectivity index (χ2v) is 6.96. The molecule has 4 rings (SSSR count). The van der Waals surface area contributed by atoms with Gasteiger partial charge in [-0.3, -0.25) is 9.69 Å². The maximum absolute atomic E-state index is 11.6. The predicted molar refractivity (Wildman–Crippen MR) is 72.1 cm³/mol. The molecule has 1 heterocycles. The molecule has 1 saturated carbocycles. The van der Waals surface area contributed by atoms with Gasteiger partial charge in [-0.05, 0) is 37.0 Å². The molecular weight excluding hydrogens is 224 g/mol. The van der Waals surface area contributed by atoms with Gasteiger partial charge >= 0.3 is 0 Å².